The number of piperazine rings is 1. The SMILES string of the molecule is CN1CCN(c2cnc3scc(C(=O)Nc4cscc4C#N)c3n2)CC1. The molecule has 0 unspecified atom stereocenters. The van der Waals surface area contributed by atoms with Crippen LogP contribution in [0.2, 0.25) is 0 Å². The van der Waals surface area contributed by atoms with E-state index in [2.05, 4.69) is 33.2 Å². The van der Waals surface area contributed by atoms with Gasteiger partial charge < -0.3 is 15.1 Å². The van der Waals surface area contributed by atoms with Crippen LogP contribution in [0.25, 0.3) is 10.3 Å². The highest BCUT2D eigenvalue weighted by Gasteiger charge is 2.20. The minimum Gasteiger partial charge on any atom is -0.353 e. The van der Waals surface area contributed by atoms with Crippen LogP contribution in [-0.2, 0) is 0 Å². The standard InChI is InChI=1S/C17H16N6OS2/c1-22-2-4-23(5-3-22)14-7-19-17-15(21-14)12(9-26-17)16(24)20-13-10-25-8-11(13)6-18/h7-10H,2-5H2,1H3,(H,20,24). The molecule has 0 aliphatic carbocycles. The van der Waals surface area contributed by atoms with Crippen molar-refractivity contribution < 1.29 is 4.79 Å². The van der Waals surface area contributed by atoms with Gasteiger partial charge in [0.25, 0.3) is 5.91 Å². The number of nitriles is 1. The first-order valence-electron chi connectivity index (χ1n) is 8.11. The van der Waals surface area contributed by atoms with Gasteiger partial charge in [0, 0.05) is 42.3 Å². The fraction of sp³-hybridized carbons (Fsp3) is 0.294. The molecule has 9 heteroatoms. The molecule has 1 aliphatic rings. The molecule has 4 rings (SSSR count). The van der Waals surface area contributed by atoms with E-state index in [1.807, 2.05) is 0 Å². The van der Waals surface area contributed by atoms with Crippen LogP contribution in [0.15, 0.2) is 22.3 Å². The Hall–Kier alpha value is -2.54. The molecule has 4 heterocycles. The minimum atomic E-state index is -0.268. The fourth-order valence-electron chi connectivity index (χ4n) is 2.82. The summed E-state index contributed by atoms with van der Waals surface area (Å²) in [5.41, 5.74) is 2.10. The summed E-state index contributed by atoms with van der Waals surface area (Å²) in [6.07, 6.45) is 1.78. The van der Waals surface area contributed by atoms with E-state index in [1.54, 1.807) is 22.3 Å². The zero-order valence-electron chi connectivity index (χ0n) is 14.1. The predicted molar refractivity (Wildman–Crippen MR) is 104 cm³/mol. The van der Waals surface area contributed by atoms with E-state index in [0.717, 1.165) is 36.8 Å². The van der Waals surface area contributed by atoms with E-state index in [4.69, 9.17) is 10.2 Å². The lowest BCUT2D eigenvalue weighted by Crippen LogP contribution is -2.44. The molecule has 7 nitrogen and oxygen atoms in total. The Morgan fingerprint density at radius 1 is 1.27 bits per heavy atom. The van der Waals surface area contributed by atoms with E-state index in [-0.39, 0.29) is 5.91 Å². The summed E-state index contributed by atoms with van der Waals surface area (Å²) in [7, 11) is 2.10. The van der Waals surface area contributed by atoms with E-state index < -0.39 is 0 Å². The molecule has 1 saturated heterocycles. The van der Waals surface area contributed by atoms with Gasteiger partial charge in [-0.2, -0.15) is 5.26 Å². The van der Waals surface area contributed by atoms with Gasteiger partial charge in [-0.1, -0.05) is 0 Å². The average molecular weight is 384 g/mol. The Labute approximate surface area is 158 Å². The summed E-state index contributed by atoms with van der Waals surface area (Å²) in [4.78, 5) is 27.1. The Morgan fingerprint density at radius 3 is 2.85 bits per heavy atom. The third-order valence-corrected chi connectivity index (χ3v) is 5.99. The number of nitrogens with one attached hydrogen (secondary N) is 1. The molecule has 0 bridgehead atoms. The molecule has 0 saturated carbocycles. The van der Waals surface area contributed by atoms with Gasteiger partial charge in [-0.05, 0) is 7.05 Å². The second-order valence-corrected chi connectivity index (χ2v) is 7.69. The summed E-state index contributed by atoms with van der Waals surface area (Å²) >= 11 is 2.78. The average Bonchev–Trinajstić information content (AvgIpc) is 3.28. The van der Waals surface area contributed by atoms with Crippen molar-refractivity contribution in [1.29, 1.82) is 5.26 Å². The Bertz CT molecular complexity index is 996. The molecule has 1 fully saturated rings. The lowest BCUT2D eigenvalue weighted by atomic mass is 10.2. The van der Waals surface area contributed by atoms with Gasteiger partial charge in [-0.3, -0.25) is 4.79 Å². The molecule has 0 radical (unpaired) electrons. The van der Waals surface area contributed by atoms with Crippen LogP contribution in [0, 0.1) is 11.3 Å². The number of hydrogen-bond donors (Lipinski definition) is 1. The molecule has 1 amide bonds. The Balaban J connectivity index is 1.62. The van der Waals surface area contributed by atoms with Crippen molar-refractivity contribution in [3.63, 3.8) is 0 Å². The molecule has 3 aromatic rings. The van der Waals surface area contributed by atoms with Crippen molar-refractivity contribution in [3.8, 4) is 6.07 Å². The van der Waals surface area contributed by atoms with Crippen LogP contribution in [0.1, 0.15) is 15.9 Å². The molecular formula is C17H16N6OS2. The van der Waals surface area contributed by atoms with Gasteiger partial charge in [0.05, 0.1) is 23.0 Å². The summed E-state index contributed by atoms with van der Waals surface area (Å²) < 4.78 is 0. The van der Waals surface area contributed by atoms with Gasteiger partial charge in [0.15, 0.2) is 0 Å². The number of amides is 1. The molecule has 132 valence electrons. The van der Waals surface area contributed by atoms with E-state index in [1.165, 1.54) is 22.7 Å². The summed E-state index contributed by atoms with van der Waals surface area (Å²) in [5.74, 6) is 0.530. The van der Waals surface area contributed by atoms with Gasteiger partial charge in [0.1, 0.15) is 22.2 Å². The zero-order valence-corrected chi connectivity index (χ0v) is 15.7. The normalized spacial score (nSPS) is 15.2. The largest absolute Gasteiger partial charge is 0.353 e. The van der Waals surface area contributed by atoms with Crippen molar-refractivity contribution in [2.24, 2.45) is 0 Å². The molecule has 1 N–H and O–H groups in total. The summed E-state index contributed by atoms with van der Waals surface area (Å²) in [5, 5.41) is 17.1. The molecule has 26 heavy (non-hydrogen) atoms. The molecular weight excluding hydrogens is 368 g/mol. The van der Waals surface area contributed by atoms with E-state index in [0.29, 0.717) is 22.3 Å². The van der Waals surface area contributed by atoms with Gasteiger partial charge in [-0.25, -0.2) is 9.97 Å². The molecule has 0 atom stereocenters. The quantitative estimate of drug-likeness (QED) is 0.747. The second-order valence-electron chi connectivity index (χ2n) is 6.09. The molecule has 0 aromatic carbocycles. The number of rotatable bonds is 3. The van der Waals surface area contributed by atoms with E-state index >= 15 is 0 Å². The summed E-state index contributed by atoms with van der Waals surface area (Å²) in [6.45, 7) is 3.74. The third kappa shape index (κ3) is 3.14. The van der Waals surface area contributed by atoms with Gasteiger partial charge in [-0.15, -0.1) is 22.7 Å². The van der Waals surface area contributed by atoms with Crippen LogP contribution < -0.4 is 10.2 Å². The van der Waals surface area contributed by atoms with Crippen LogP contribution in [-0.4, -0.2) is 54.0 Å². The highest BCUT2D eigenvalue weighted by molar-refractivity contribution is 7.17. The maximum absolute atomic E-state index is 12.7. The Morgan fingerprint density at radius 2 is 2.08 bits per heavy atom. The van der Waals surface area contributed by atoms with Crippen molar-refractivity contribution >= 4 is 50.4 Å². The molecule has 3 aromatic heterocycles. The molecule has 0 spiro atoms. The van der Waals surface area contributed by atoms with Crippen LogP contribution in [0.4, 0.5) is 11.5 Å². The number of fused-ring (bicyclic) bond motifs is 1. The Kier molecular flexibility index (Phi) is 4.55. The number of nitrogens with zero attached hydrogens (tertiary/aromatic N) is 5. The number of hydrogen-bond acceptors (Lipinski definition) is 8. The number of thiophene rings is 2. The minimum absolute atomic E-state index is 0.268. The van der Waals surface area contributed by atoms with Crippen molar-refractivity contribution in [3.05, 3.63) is 33.5 Å². The van der Waals surface area contributed by atoms with Crippen LogP contribution in [0.5, 0.6) is 0 Å². The first kappa shape index (κ1) is 16.9. The third-order valence-electron chi connectivity index (χ3n) is 4.37. The summed E-state index contributed by atoms with van der Waals surface area (Å²) in [6, 6.07) is 2.08. The van der Waals surface area contributed by atoms with Crippen molar-refractivity contribution in [1.82, 2.24) is 14.9 Å². The predicted octanol–water partition coefficient (Wildman–Crippen LogP) is 2.63. The van der Waals surface area contributed by atoms with Gasteiger partial charge in [0.2, 0.25) is 0 Å². The first-order valence-corrected chi connectivity index (χ1v) is 9.93. The van der Waals surface area contributed by atoms with E-state index in [9.17, 15) is 4.79 Å². The van der Waals surface area contributed by atoms with Crippen molar-refractivity contribution in [2.75, 3.05) is 43.4 Å². The van der Waals surface area contributed by atoms with Crippen LogP contribution in [0.3, 0.4) is 0 Å². The maximum Gasteiger partial charge on any atom is 0.258 e. The zero-order chi connectivity index (χ0) is 18.1. The van der Waals surface area contributed by atoms with Gasteiger partial charge >= 0.3 is 0 Å². The monoisotopic (exact) mass is 384 g/mol. The van der Waals surface area contributed by atoms with Crippen LogP contribution >= 0.6 is 22.7 Å². The fourth-order valence-corrected chi connectivity index (χ4v) is 4.35. The lowest BCUT2D eigenvalue weighted by molar-refractivity contribution is 0.102. The topological polar surface area (TPSA) is 85.1 Å². The number of anilines is 2. The maximum atomic E-state index is 12.7. The molecule has 1 aliphatic heterocycles. The number of carbonyl (C=O) groups is 1. The van der Waals surface area contributed by atoms with Crippen molar-refractivity contribution in [2.45, 2.75) is 0 Å². The number of likely N-dealkylation sites (N-methyl/N-ethyl adjacent to an activating group) is 1. The lowest BCUT2D eigenvalue weighted by Gasteiger charge is -2.32. The smallest absolute Gasteiger partial charge is 0.258 e. The number of carbonyl (C=O) groups excluding carboxylic acids is 1. The highest BCUT2D eigenvalue weighted by atomic mass is 32.1. The first-order chi connectivity index (χ1) is 12.7. The highest BCUT2D eigenvalue weighted by Crippen LogP contribution is 2.27. The second kappa shape index (κ2) is 6.99. The number of aromatic nitrogens is 2.